The van der Waals surface area contributed by atoms with Crippen molar-refractivity contribution in [1.82, 2.24) is 14.5 Å². The lowest BCUT2D eigenvalue weighted by molar-refractivity contribution is -0.141. The van der Waals surface area contributed by atoms with Crippen molar-refractivity contribution < 1.29 is 18.0 Å². The number of hydrogen-bond donors (Lipinski definition) is 0. The van der Waals surface area contributed by atoms with E-state index in [2.05, 4.69) is 40.6 Å². The fourth-order valence-corrected chi connectivity index (χ4v) is 4.12. The summed E-state index contributed by atoms with van der Waals surface area (Å²) in [5, 5.41) is 1.18. The Morgan fingerprint density at radius 2 is 2.03 bits per heavy atom. The van der Waals surface area contributed by atoms with Crippen LogP contribution in [0.4, 0.5) is 13.2 Å². The van der Waals surface area contributed by atoms with Gasteiger partial charge in [-0.25, -0.2) is 0 Å². The van der Waals surface area contributed by atoms with Crippen LogP contribution in [0.15, 0.2) is 36.5 Å². The topological polar surface area (TPSA) is 38.1 Å². The zero-order valence-corrected chi connectivity index (χ0v) is 16.3. The SMILES string of the molecule is Cc1ccc2c(c1)c1c(n2CC(C=O)c2ccc(C(F)(F)F)nc2)CCN(C)C1. The van der Waals surface area contributed by atoms with Crippen LogP contribution in [0.3, 0.4) is 0 Å². The minimum atomic E-state index is -4.49. The summed E-state index contributed by atoms with van der Waals surface area (Å²) in [6.07, 6.45) is -1.66. The number of aldehydes is 1. The maximum atomic E-state index is 12.8. The minimum absolute atomic E-state index is 0.384. The molecule has 0 spiro atoms. The molecule has 4 rings (SSSR count). The predicted molar refractivity (Wildman–Crippen MR) is 105 cm³/mol. The van der Waals surface area contributed by atoms with Crippen molar-refractivity contribution in [2.75, 3.05) is 13.6 Å². The van der Waals surface area contributed by atoms with Crippen LogP contribution >= 0.6 is 0 Å². The first-order chi connectivity index (χ1) is 13.8. The van der Waals surface area contributed by atoms with E-state index in [9.17, 15) is 18.0 Å². The highest BCUT2D eigenvalue weighted by Crippen LogP contribution is 2.33. The third-order valence-corrected chi connectivity index (χ3v) is 5.65. The van der Waals surface area contributed by atoms with Gasteiger partial charge in [0.2, 0.25) is 0 Å². The van der Waals surface area contributed by atoms with Crippen molar-refractivity contribution in [2.24, 2.45) is 0 Å². The van der Waals surface area contributed by atoms with Crippen LogP contribution in [0.25, 0.3) is 10.9 Å². The molecule has 0 bridgehead atoms. The Bertz CT molecular complexity index is 1050. The molecule has 1 unspecified atom stereocenters. The Kier molecular flexibility index (Phi) is 4.94. The number of fused-ring (bicyclic) bond motifs is 3. The van der Waals surface area contributed by atoms with Gasteiger partial charge in [0.15, 0.2) is 0 Å². The van der Waals surface area contributed by atoms with Crippen molar-refractivity contribution in [1.29, 1.82) is 0 Å². The number of nitrogens with zero attached hydrogens (tertiary/aromatic N) is 3. The normalized spacial score (nSPS) is 16.0. The summed E-state index contributed by atoms with van der Waals surface area (Å²) in [6.45, 7) is 4.21. The van der Waals surface area contributed by atoms with Gasteiger partial charge in [-0.2, -0.15) is 13.2 Å². The van der Waals surface area contributed by atoms with E-state index in [0.29, 0.717) is 12.1 Å². The van der Waals surface area contributed by atoms with Gasteiger partial charge in [-0.05, 0) is 43.3 Å². The Hall–Kier alpha value is -2.67. The third kappa shape index (κ3) is 3.67. The van der Waals surface area contributed by atoms with E-state index in [4.69, 9.17) is 0 Å². The number of carbonyl (C=O) groups is 1. The molecule has 0 saturated carbocycles. The molecule has 1 aromatic carbocycles. The number of carbonyl (C=O) groups excluding carboxylic acids is 1. The van der Waals surface area contributed by atoms with Gasteiger partial charge in [-0.1, -0.05) is 17.7 Å². The molecule has 3 heterocycles. The Morgan fingerprint density at radius 1 is 1.24 bits per heavy atom. The smallest absolute Gasteiger partial charge is 0.343 e. The molecular formula is C22H22F3N3O. The van der Waals surface area contributed by atoms with E-state index >= 15 is 0 Å². The molecule has 3 aromatic rings. The van der Waals surface area contributed by atoms with Gasteiger partial charge in [0.25, 0.3) is 0 Å². The molecule has 2 aromatic heterocycles. The summed E-state index contributed by atoms with van der Waals surface area (Å²) in [5.41, 5.74) is 4.24. The number of pyridine rings is 1. The maximum Gasteiger partial charge on any atom is 0.433 e. The molecule has 29 heavy (non-hydrogen) atoms. The number of halogens is 3. The number of hydrogen-bond acceptors (Lipinski definition) is 3. The van der Waals surface area contributed by atoms with E-state index in [1.54, 1.807) is 0 Å². The van der Waals surface area contributed by atoms with Crippen LogP contribution in [0.5, 0.6) is 0 Å². The Balaban J connectivity index is 1.74. The number of rotatable bonds is 4. The van der Waals surface area contributed by atoms with Gasteiger partial charge < -0.3 is 14.3 Å². The molecule has 0 aliphatic carbocycles. The summed E-state index contributed by atoms with van der Waals surface area (Å²) >= 11 is 0. The third-order valence-electron chi connectivity index (χ3n) is 5.65. The first kappa shape index (κ1) is 19.6. The van der Waals surface area contributed by atoms with E-state index in [1.165, 1.54) is 28.3 Å². The largest absolute Gasteiger partial charge is 0.433 e. The van der Waals surface area contributed by atoms with E-state index < -0.39 is 17.8 Å². The molecule has 1 atom stereocenters. The van der Waals surface area contributed by atoms with Crippen molar-refractivity contribution in [2.45, 2.75) is 38.5 Å². The lowest BCUT2D eigenvalue weighted by atomic mass is 10.0. The highest BCUT2D eigenvalue weighted by Gasteiger charge is 2.32. The van der Waals surface area contributed by atoms with Gasteiger partial charge in [0.05, 0.1) is 5.92 Å². The minimum Gasteiger partial charge on any atom is -0.343 e. The molecule has 0 N–H and O–H groups in total. The molecule has 1 aliphatic heterocycles. The summed E-state index contributed by atoms with van der Waals surface area (Å²) in [7, 11) is 2.09. The van der Waals surface area contributed by atoms with Crippen LogP contribution in [0.2, 0.25) is 0 Å². The highest BCUT2D eigenvalue weighted by atomic mass is 19.4. The van der Waals surface area contributed by atoms with Crippen LogP contribution in [0, 0.1) is 6.92 Å². The van der Waals surface area contributed by atoms with Gasteiger partial charge >= 0.3 is 6.18 Å². The maximum absolute atomic E-state index is 12.8. The van der Waals surface area contributed by atoms with Gasteiger partial charge in [-0.15, -0.1) is 0 Å². The molecule has 0 amide bonds. The van der Waals surface area contributed by atoms with Gasteiger partial charge in [0, 0.05) is 48.8 Å². The Morgan fingerprint density at radius 3 is 2.69 bits per heavy atom. The second kappa shape index (κ2) is 7.30. The van der Waals surface area contributed by atoms with Gasteiger partial charge in [-0.3, -0.25) is 4.98 Å². The molecule has 152 valence electrons. The number of aryl methyl sites for hydroxylation is 1. The highest BCUT2D eigenvalue weighted by molar-refractivity contribution is 5.86. The fraction of sp³-hybridized carbons (Fsp3) is 0.364. The zero-order valence-electron chi connectivity index (χ0n) is 16.3. The average molecular weight is 401 g/mol. The number of alkyl halides is 3. The fourth-order valence-electron chi connectivity index (χ4n) is 4.12. The molecule has 7 heteroatoms. The van der Waals surface area contributed by atoms with Crippen LogP contribution in [-0.4, -0.2) is 34.3 Å². The lowest BCUT2D eigenvalue weighted by Crippen LogP contribution is -2.27. The molecule has 4 nitrogen and oxygen atoms in total. The zero-order chi connectivity index (χ0) is 20.8. The first-order valence-electron chi connectivity index (χ1n) is 9.55. The van der Waals surface area contributed by atoms with Crippen molar-refractivity contribution in [3.63, 3.8) is 0 Å². The van der Waals surface area contributed by atoms with Crippen molar-refractivity contribution >= 4 is 17.2 Å². The average Bonchev–Trinajstić information content (AvgIpc) is 2.97. The van der Waals surface area contributed by atoms with Crippen molar-refractivity contribution in [3.8, 4) is 0 Å². The van der Waals surface area contributed by atoms with E-state index in [-0.39, 0.29) is 0 Å². The van der Waals surface area contributed by atoms with Crippen LogP contribution in [-0.2, 0) is 30.5 Å². The monoisotopic (exact) mass is 401 g/mol. The predicted octanol–water partition coefficient (Wildman–Crippen LogP) is 4.33. The molecular weight excluding hydrogens is 379 g/mol. The quantitative estimate of drug-likeness (QED) is 0.611. The van der Waals surface area contributed by atoms with Gasteiger partial charge in [0.1, 0.15) is 12.0 Å². The molecule has 0 radical (unpaired) electrons. The molecule has 0 saturated heterocycles. The van der Waals surface area contributed by atoms with Crippen molar-refractivity contribution in [3.05, 3.63) is 64.6 Å². The lowest BCUT2D eigenvalue weighted by Gasteiger charge is -2.25. The number of likely N-dealkylation sites (N-methyl/N-ethyl adjacent to an activating group) is 1. The molecule has 1 aliphatic rings. The standard InChI is InChI=1S/C22H22F3N3O/c1-14-3-5-19-17(9-14)18-12-27(2)8-7-20(18)28(19)11-16(13-29)15-4-6-21(26-10-15)22(23,24)25/h3-6,9-10,13,16H,7-8,11-12H2,1-2H3. The second-order valence-electron chi connectivity index (χ2n) is 7.76. The summed E-state index contributed by atoms with van der Waals surface area (Å²) in [4.78, 5) is 17.6. The van der Waals surface area contributed by atoms with Crippen LogP contribution < -0.4 is 0 Å². The number of benzene rings is 1. The van der Waals surface area contributed by atoms with E-state index in [1.807, 2.05) is 6.07 Å². The van der Waals surface area contributed by atoms with E-state index in [0.717, 1.165) is 43.6 Å². The number of aromatic nitrogens is 2. The second-order valence-corrected chi connectivity index (χ2v) is 7.76. The Labute approximate surface area is 167 Å². The molecule has 0 fully saturated rings. The summed E-state index contributed by atoms with van der Waals surface area (Å²) < 4.78 is 40.5. The first-order valence-corrected chi connectivity index (χ1v) is 9.55. The van der Waals surface area contributed by atoms with Crippen LogP contribution in [0.1, 0.15) is 34.0 Å². The summed E-state index contributed by atoms with van der Waals surface area (Å²) in [5.74, 6) is -0.564. The summed E-state index contributed by atoms with van der Waals surface area (Å²) in [6, 6.07) is 8.57.